The molecule has 21 heavy (non-hydrogen) atoms. The number of alkyl halides is 1. The summed E-state index contributed by atoms with van der Waals surface area (Å²) < 4.78 is 8.99. The summed E-state index contributed by atoms with van der Waals surface area (Å²) in [5, 5.41) is 7.72. The van der Waals surface area contributed by atoms with E-state index in [1.165, 1.54) is 6.33 Å². The highest BCUT2D eigenvalue weighted by atomic mass is 35.5. The molecule has 3 aromatic rings. The Morgan fingerprint density at radius 1 is 1.29 bits per heavy atom. The highest BCUT2D eigenvalue weighted by Crippen LogP contribution is 2.22. The largest absolute Gasteiger partial charge is 0.479 e. The second-order valence-corrected chi connectivity index (χ2v) is 4.66. The van der Waals surface area contributed by atoms with Crippen molar-refractivity contribution in [3.05, 3.63) is 24.5 Å². The van der Waals surface area contributed by atoms with Crippen LogP contribution in [-0.2, 0) is 19.0 Å². The molecule has 3 heterocycles. The minimum absolute atomic E-state index is 0.308. The zero-order valence-electron chi connectivity index (χ0n) is 11.5. The highest BCUT2D eigenvalue weighted by molar-refractivity contribution is 6.16. The van der Waals surface area contributed by atoms with Gasteiger partial charge >= 0.3 is 0 Å². The van der Waals surface area contributed by atoms with E-state index in [4.69, 9.17) is 16.3 Å². The van der Waals surface area contributed by atoms with Crippen molar-refractivity contribution in [1.29, 1.82) is 0 Å². The van der Waals surface area contributed by atoms with Gasteiger partial charge in [-0.15, -0.1) is 16.7 Å². The molecule has 0 aliphatic rings. The van der Waals surface area contributed by atoms with E-state index >= 15 is 0 Å². The predicted molar refractivity (Wildman–Crippen MR) is 76.1 cm³/mol. The van der Waals surface area contributed by atoms with Crippen LogP contribution in [0.3, 0.4) is 0 Å². The first-order valence-corrected chi connectivity index (χ1v) is 7.01. The van der Waals surface area contributed by atoms with Crippen molar-refractivity contribution in [3.63, 3.8) is 0 Å². The zero-order valence-corrected chi connectivity index (χ0v) is 12.2. The van der Waals surface area contributed by atoms with E-state index < -0.39 is 0 Å². The van der Waals surface area contributed by atoms with Gasteiger partial charge in [-0.2, -0.15) is 4.98 Å². The quantitative estimate of drug-likeness (QED) is 0.637. The van der Waals surface area contributed by atoms with E-state index in [2.05, 4.69) is 25.3 Å². The van der Waals surface area contributed by atoms with Gasteiger partial charge < -0.3 is 9.30 Å². The molecular weight excluding hydrogens is 294 g/mol. The predicted octanol–water partition coefficient (Wildman–Crippen LogP) is 1.26. The van der Waals surface area contributed by atoms with E-state index in [0.717, 1.165) is 31.0 Å². The SMILES string of the molecule is COc1ncnc2c1nc(CCl)n2CCCn1ccnn1. The molecule has 0 amide bonds. The number of methoxy groups -OCH3 is 1. The Balaban J connectivity index is 1.86. The average Bonchev–Trinajstić information content (AvgIpc) is 3.14. The number of aromatic nitrogens is 7. The minimum Gasteiger partial charge on any atom is -0.479 e. The molecular formula is C12H14ClN7O. The van der Waals surface area contributed by atoms with Gasteiger partial charge in [0.05, 0.1) is 19.2 Å². The Hall–Kier alpha value is -2.22. The van der Waals surface area contributed by atoms with Crippen LogP contribution in [0.4, 0.5) is 0 Å². The number of rotatable bonds is 6. The molecule has 0 saturated heterocycles. The molecule has 0 aliphatic carbocycles. The van der Waals surface area contributed by atoms with Gasteiger partial charge in [-0.3, -0.25) is 4.68 Å². The average molecular weight is 308 g/mol. The normalized spacial score (nSPS) is 11.1. The van der Waals surface area contributed by atoms with Crippen molar-refractivity contribution in [1.82, 2.24) is 34.5 Å². The van der Waals surface area contributed by atoms with Crippen LogP contribution in [0.1, 0.15) is 12.2 Å². The molecule has 8 nitrogen and oxygen atoms in total. The van der Waals surface area contributed by atoms with Gasteiger partial charge in [-0.05, 0) is 6.42 Å². The number of hydrogen-bond acceptors (Lipinski definition) is 6. The van der Waals surface area contributed by atoms with Crippen LogP contribution in [0.15, 0.2) is 18.7 Å². The smallest absolute Gasteiger partial charge is 0.245 e. The van der Waals surface area contributed by atoms with Crippen molar-refractivity contribution in [3.8, 4) is 5.88 Å². The van der Waals surface area contributed by atoms with Crippen molar-refractivity contribution < 1.29 is 4.74 Å². The lowest BCUT2D eigenvalue weighted by atomic mass is 10.4. The number of fused-ring (bicyclic) bond motifs is 1. The third kappa shape index (κ3) is 2.66. The maximum atomic E-state index is 5.98. The molecule has 0 N–H and O–H groups in total. The summed E-state index contributed by atoms with van der Waals surface area (Å²) in [6.45, 7) is 1.50. The first kappa shape index (κ1) is 13.7. The Bertz CT molecular complexity index is 725. The fourth-order valence-corrected chi connectivity index (χ4v) is 2.39. The van der Waals surface area contributed by atoms with Gasteiger partial charge in [0.15, 0.2) is 11.2 Å². The number of nitrogens with zero attached hydrogens (tertiary/aromatic N) is 7. The van der Waals surface area contributed by atoms with E-state index in [-0.39, 0.29) is 0 Å². The van der Waals surface area contributed by atoms with Crippen LogP contribution in [0.2, 0.25) is 0 Å². The van der Waals surface area contributed by atoms with Crippen LogP contribution in [0.5, 0.6) is 5.88 Å². The Kier molecular flexibility index (Phi) is 3.96. The van der Waals surface area contributed by atoms with Crippen LogP contribution >= 0.6 is 11.6 Å². The Morgan fingerprint density at radius 2 is 2.19 bits per heavy atom. The number of halogens is 1. The van der Waals surface area contributed by atoms with Crippen LogP contribution in [0, 0.1) is 0 Å². The number of ether oxygens (including phenoxy) is 1. The van der Waals surface area contributed by atoms with E-state index in [9.17, 15) is 0 Å². The van der Waals surface area contributed by atoms with Crippen LogP contribution in [0.25, 0.3) is 11.2 Å². The molecule has 0 aliphatic heterocycles. The number of aryl methyl sites for hydroxylation is 2. The fraction of sp³-hybridized carbons (Fsp3) is 0.417. The Labute approximate surface area is 125 Å². The number of hydrogen-bond donors (Lipinski definition) is 0. The second-order valence-electron chi connectivity index (χ2n) is 4.39. The summed E-state index contributed by atoms with van der Waals surface area (Å²) in [7, 11) is 1.56. The molecule has 0 bridgehead atoms. The third-order valence-electron chi connectivity index (χ3n) is 3.13. The molecule has 3 aromatic heterocycles. The van der Waals surface area contributed by atoms with Gasteiger partial charge in [0.2, 0.25) is 5.88 Å². The van der Waals surface area contributed by atoms with Gasteiger partial charge in [-0.25, -0.2) is 9.97 Å². The molecule has 9 heteroatoms. The topological polar surface area (TPSA) is 83.5 Å². The molecule has 0 atom stereocenters. The number of imidazole rings is 1. The molecule has 0 radical (unpaired) electrons. The summed E-state index contributed by atoms with van der Waals surface area (Å²) in [6, 6.07) is 0. The first-order valence-electron chi connectivity index (χ1n) is 6.47. The summed E-state index contributed by atoms with van der Waals surface area (Å²) in [5.41, 5.74) is 1.37. The van der Waals surface area contributed by atoms with Gasteiger partial charge in [0.25, 0.3) is 0 Å². The molecule has 3 rings (SSSR count). The Morgan fingerprint density at radius 3 is 2.90 bits per heavy atom. The van der Waals surface area contributed by atoms with Gasteiger partial charge in [0, 0.05) is 19.3 Å². The molecule has 0 aromatic carbocycles. The van der Waals surface area contributed by atoms with Crippen LogP contribution < -0.4 is 4.74 Å². The molecule has 0 spiro atoms. The van der Waals surface area contributed by atoms with Gasteiger partial charge in [0.1, 0.15) is 12.2 Å². The van der Waals surface area contributed by atoms with E-state index in [1.54, 1.807) is 18.0 Å². The lowest BCUT2D eigenvalue weighted by Crippen LogP contribution is -2.07. The molecule has 0 unspecified atom stereocenters. The maximum absolute atomic E-state index is 5.98. The monoisotopic (exact) mass is 307 g/mol. The van der Waals surface area contributed by atoms with Crippen molar-refractivity contribution in [2.24, 2.45) is 0 Å². The maximum Gasteiger partial charge on any atom is 0.245 e. The summed E-state index contributed by atoms with van der Waals surface area (Å²) >= 11 is 5.98. The fourth-order valence-electron chi connectivity index (χ4n) is 2.19. The lowest BCUT2D eigenvalue weighted by Gasteiger charge is -2.07. The standard InChI is InChI=1S/C12H14ClN7O/c1-21-12-10-11(14-8-15-12)20(9(7-13)17-10)5-2-4-19-6-3-16-18-19/h3,6,8H,2,4-5,7H2,1H3. The lowest BCUT2D eigenvalue weighted by molar-refractivity contribution is 0.401. The molecule has 0 fully saturated rings. The minimum atomic E-state index is 0.308. The molecule has 0 saturated carbocycles. The zero-order chi connectivity index (χ0) is 14.7. The van der Waals surface area contributed by atoms with Crippen molar-refractivity contribution in [2.75, 3.05) is 7.11 Å². The van der Waals surface area contributed by atoms with Gasteiger partial charge in [-0.1, -0.05) is 5.21 Å². The van der Waals surface area contributed by atoms with Crippen LogP contribution in [-0.4, -0.2) is 41.6 Å². The summed E-state index contributed by atoms with van der Waals surface area (Å²) in [5.74, 6) is 1.52. The van der Waals surface area contributed by atoms with Crippen molar-refractivity contribution >= 4 is 22.8 Å². The van der Waals surface area contributed by atoms with E-state index in [1.807, 2.05) is 10.8 Å². The summed E-state index contributed by atoms with van der Waals surface area (Å²) in [6.07, 6.45) is 5.83. The molecule has 110 valence electrons. The summed E-state index contributed by atoms with van der Waals surface area (Å²) in [4.78, 5) is 12.8. The van der Waals surface area contributed by atoms with Crippen molar-refractivity contribution in [2.45, 2.75) is 25.4 Å². The first-order chi connectivity index (χ1) is 10.3. The second kappa shape index (κ2) is 6.04. The highest BCUT2D eigenvalue weighted by Gasteiger charge is 2.15. The van der Waals surface area contributed by atoms with E-state index in [0.29, 0.717) is 17.3 Å². The third-order valence-corrected chi connectivity index (χ3v) is 3.37.